The van der Waals surface area contributed by atoms with Crippen molar-refractivity contribution in [2.45, 2.75) is 62.8 Å². The molecule has 186 valence electrons. The van der Waals surface area contributed by atoms with Gasteiger partial charge < -0.3 is 10.2 Å². The Kier molecular flexibility index (Phi) is 6.93. The van der Waals surface area contributed by atoms with Crippen molar-refractivity contribution in [2.75, 3.05) is 18.4 Å². The third-order valence-corrected chi connectivity index (χ3v) is 9.13. The first-order valence-electron chi connectivity index (χ1n) is 12.7. The molecule has 0 spiro atoms. The zero-order valence-corrected chi connectivity index (χ0v) is 20.8. The van der Waals surface area contributed by atoms with Crippen molar-refractivity contribution in [1.29, 1.82) is 0 Å². The summed E-state index contributed by atoms with van der Waals surface area (Å²) < 4.78 is 28.6. The second-order valence-electron chi connectivity index (χ2n) is 10.1. The maximum Gasteiger partial charge on any atom is 0.240 e. The molecule has 1 aliphatic carbocycles. The quantitative estimate of drug-likeness (QED) is 0.662. The topological polar surface area (TPSA) is 95.6 Å². The summed E-state index contributed by atoms with van der Waals surface area (Å²) in [5.74, 6) is 0.483. The minimum Gasteiger partial charge on any atom is -0.338 e. The number of fused-ring (bicyclic) bond motifs is 2. The number of benzene rings is 2. The van der Waals surface area contributed by atoms with E-state index in [4.69, 9.17) is 0 Å². The Morgan fingerprint density at radius 2 is 1.74 bits per heavy atom. The van der Waals surface area contributed by atoms with Crippen LogP contribution >= 0.6 is 0 Å². The highest BCUT2D eigenvalue weighted by Gasteiger charge is 2.31. The highest BCUT2D eigenvalue weighted by atomic mass is 32.2. The lowest BCUT2D eigenvalue weighted by molar-refractivity contribution is -0.137. The Morgan fingerprint density at radius 1 is 0.971 bits per heavy atom. The molecule has 7 nitrogen and oxygen atoms in total. The summed E-state index contributed by atoms with van der Waals surface area (Å²) in [6.07, 6.45) is 6.06. The summed E-state index contributed by atoms with van der Waals surface area (Å²) in [4.78, 5) is 27.1. The van der Waals surface area contributed by atoms with Crippen LogP contribution in [0.4, 0.5) is 5.69 Å². The molecule has 0 aromatic heterocycles. The van der Waals surface area contributed by atoms with Crippen LogP contribution in [0.2, 0.25) is 0 Å². The number of aryl methyl sites for hydroxylation is 1. The van der Waals surface area contributed by atoms with Crippen LogP contribution in [-0.4, -0.2) is 38.2 Å². The fourth-order valence-electron chi connectivity index (χ4n) is 5.58. The van der Waals surface area contributed by atoms with Crippen LogP contribution in [0.1, 0.15) is 55.2 Å². The van der Waals surface area contributed by atoms with Crippen molar-refractivity contribution >= 4 is 27.5 Å². The molecule has 3 aliphatic rings. The van der Waals surface area contributed by atoms with Crippen LogP contribution < -0.4 is 10.0 Å². The normalized spacial score (nSPS) is 22.5. The Bertz CT molecular complexity index is 1220. The number of rotatable bonds is 5. The number of nitrogens with zero attached hydrogens (tertiary/aromatic N) is 1. The monoisotopic (exact) mass is 495 g/mol. The summed E-state index contributed by atoms with van der Waals surface area (Å²) >= 11 is 0. The van der Waals surface area contributed by atoms with Gasteiger partial charge in [0, 0.05) is 37.7 Å². The van der Waals surface area contributed by atoms with Crippen molar-refractivity contribution in [3.63, 3.8) is 0 Å². The van der Waals surface area contributed by atoms with Gasteiger partial charge in [-0.1, -0.05) is 24.3 Å². The van der Waals surface area contributed by atoms with Gasteiger partial charge in [0.1, 0.15) is 0 Å². The molecule has 1 saturated carbocycles. The number of anilines is 1. The molecule has 1 fully saturated rings. The van der Waals surface area contributed by atoms with Crippen molar-refractivity contribution in [3.8, 4) is 0 Å². The average molecular weight is 496 g/mol. The van der Waals surface area contributed by atoms with Crippen LogP contribution in [0.5, 0.6) is 0 Å². The predicted octanol–water partition coefficient (Wildman–Crippen LogP) is 3.63. The van der Waals surface area contributed by atoms with Crippen LogP contribution in [0.25, 0.3) is 0 Å². The lowest BCUT2D eigenvalue weighted by Gasteiger charge is -2.34. The van der Waals surface area contributed by atoms with E-state index in [9.17, 15) is 18.0 Å². The molecule has 8 heteroatoms. The minimum absolute atomic E-state index is 0.0309. The van der Waals surface area contributed by atoms with Crippen molar-refractivity contribution in [3.05, 3.63) is 59.2 Å². The molecule has 2 heterocycles. The molecule has 0 atom stereocenters. The zero-order chi connectivity index (χ0) is 24.4. The first kappa shape index (κ1) is 24.0. The Labute approximate surface area is 207 Å². The third-order valence-electron chi connectivity index (χ3n) is 7.71. The second-order valence-corrected chi connectivity index (χ2v) is 11.8. The molecule has 0 bridgehead atoms. The van der Waals surface area contributed by atoms with Gasteiger partial charge in [-0.25, -0.2) is 13.1 Å². The number of nitrogens with one attached hydrogen (secondary N) is 2. The van der Waals surface area contributed by atoms with Crippen molar-refractivity contribution < 1.29 is 18.0 Å². The highest BCUT2D eigenvalue weighted by Crippen LogP contribution is 2.32. The SMILES string of the molecule is O=C1CCCc2cc(S(=O)(=O)NCC3CCC(C(=O)N4CCc5ccccc5C4)CC3)ccc2N1. The standard InChI is InChI=1S/C27H33N3O4S/c31-26-7-3-6-22-16-24(12-13-25(22)29-26)35(33,34)28-17-19-8-10-21(11-9-19)27(32)30-15-14-20-4-1-2-5-23(20)18-30/h1-2,4-5,12-13,16,19,21,28H,3,6-11,14-15,17-18H2,(H,29,31). The Morgan fingerprint density at radius 3 is 2.54 bits per heavy atom. The van der Waals surface area contributed by atoms with Gasteiger partial charge in [-0.3, -0.25) is 9.59 Å². The molecule has 2 aromatic carbocycles. The third kappa shape index (κ3) is 5.43. The fourth-order valence-corrected chi connectivity index (χ4v) is 6.75. The smallest absolute Gasteiger partial charge is 0.240 e. The van der Waals surface area contributed by atoms with Gasteiger partial charge in [0.2, 0.25) is 21.8 Å². The van der Waals surface area contributed by atoms with E-state index in [1.165, 1.54) is 11.1 Å². The first-order chi connectivity index (χ1) is 16.9. The molecule has 2 aromatic rings. The number of amides is 2. The molecule has 0 saturated heterocycles. The van der Waals surface area contributed by atoms with Crippen LogP contribution in [0.15, 0.2) is 47.4 Å². The first-order valence-corrected chi connectivity index (χ1v) is 14.2. The van der Waals surface area contributed by atoms with E-state index in [0.717, 1.165) is 44.2 Å². The average Bonchev–Trinajstić information content (AvgIpc) is 3.07. The number of hydrogen-bond acceptors (Lipinski definition) is 4. The van der Waals surface area contributed by atoms with Crippen molar-refractivity contribution in [2.24, 2.45) is 11.8 Å². The van der Waals surface area contributed by atoms with E-state index in [1.54, 1.807) is 18.2 Å². The van der Waals surface area contributed by atoms with Crippen molar-refractivity contribution in [1.82, 2.24) is 9.62 Å². The summed E-state index contributed by atoms with van der Waals surface area (Å²) in [7, 11) is -3.63. The summed E-state index contributed by atoms with van der Waals surface area (Å²) in [6, 6.07) is 13.3. The fraction of sp³-hybridized carbons (Fsp3) is 0.481. The van der Waals surface area contributed by atoms with Gasteiger partial charge in [-0.15, -0.1) is 0 Å². The Balaban J connectivity index is 1.13. The second kappa shape index (κ2) is 10.1. The lowest BCUT2D eigenvalue weighted by atomic mass is 9.81. The molecule has 5 rings (SSSR count). The minimum atomic E-state index is -3.63. The van der Waals surface area contributed by atoms with Gasteiger partial charge in [0.15, 0.2) is 0 Å². The molecule has 0 radical (unpaired) electrons. The van der Waals surface area contributed by atoms with Crippen LogP contribution in [0, 0.1) is 11.8 Å². The van der Waals surface area contributed by atoms with Gasteiger partial charge >= 0.3 is 0 Å². The van der Waals surface area contributed by atoms with E-state index < -0.39 is 10.0 Å². The van der Waals surface area contributed by atoms with Crippen LogP contribution in [0.3, 0.4) is 0 Å². The largest absolute Gasteiger partial charge is 0.338 e. The van der Waals surface area contributed by atoms with E-state index in [0.29, 0.717) is 38.0 Å². The molecule has 2 amide bonds. The summed E-state index contributed by atoms with van der Waals surface area (Å²) in [5.41, 5.74) is 4.15. The number of carbonyl (C=O) groups excluding carboxylic acids is 2. The lowest BCUT2D eigenvalue weighted by Crippen LogP contribution is -2.41. The molecule has 0 unspecified atom stereocenters. The van der Waals surface area contributed by atoms with Crippen LogP contribution in [-0.2, 0) is 39.0 Å². The van der Waals surface area contributed by atoms with Gasteiger partial charge in [0.25, 0.3) is 0 Å². The van der Waals surface area contributed by atoms with E-state index in [1.807, 2.05) is 11.0 Å². The number of hydrogen-bond donors (Lipinski definition) is 2. The van der Waals surface area contributed by atoms with Gasteiger partial charge in [-0.05, 0) is 85.8 Å². The van der Waals surface area contributed by atoms with Gasteiger partial charge in [0.05, 0.1) is 4.90 Å². The van der Waals surface area contributed by atoms with E-state index >= 15 is 0 Å². The van der Waals surface area contributed by atoms with Gasteiger partial charge in [-0.2, -0.15) is 0 Å². The predicted molar refractivity (Wildman–Crippen MR) is 134 cm³/mol. The maximum atomic E-state index is 13.1. The molecular weight excluding hydrogens is 462 g/mol. The van der Waals surface area contributed by atoms with E-state index in [2.05, 4.69) is 28.2 Å². The molecule has 2 N–H and O–H groups in total. The highest BCUT2D eigenvalue weighted by molar-refractivity contribution is 7.89. The van der Waals surface area contributed by atoms with E-state index in [-0.39, 0.29) is 28.5 Å². The Hall–Kier alpha value is -2.71. The number of sulfonamides is 1. The molecular formula is C27H33N3O4S. The number of carbonyl (C=O) groups is 2. The molecule has 35 heavy (non-hydrogen) atoms. The summed E-state index contributed by atoms with van der Waals surface area (Å²) in [6.45, 7) is 1.85. The molecule has 2 aliphatic heterocycles. The zero-order valence-electron chi connectivity index (χ0n) is 20.0. The summed E-state index contributed by atoms with van der Waals surface area (Å²) in [5, 5.41) is 2.84. The maximum absolute atomic E-state index is 13.1.